The van der Waals surface area contributed by atoms with Crippen molar-refractivity contribution in [3.05, 3.63) is 35.1 Å². The second-order valence-electron chi connectivity index (χ2n) is 2.63. The minimum Gasteiger partial charge on any atom is -0.290 e. The molecule has 0 saturated carbocycles. The lowest BCUT2D eigenvalue weighted by molar-refractivity contribution is -0.138. The summed E-state index contributed by atoms with van der Waals surface area (Å²) in [6, 6.07) is 2.22. The quantitative estimate of drug-likeness (QED) is 0.327. The first kappa shape index (κ1) is 11.4. The first-order valence-electron chi connectivity index (χ1n) is 3.74. The summed E-state index contributed by atoms with van der Waals surface area (Å²) in [6.45, 7) is 0. The molecule has 1 amide bonds. The SMILES string of the molecule is NNC(=O)c1c(F)cccc1C(F)(F)F. The lowest BCUT2D eigenvalue weighted by Gasteiger charge is -2.11. The van der Waals surface area contributed by atoms with E-state index in [0.717, 1.165) is 12.1 Å². The number of carbonyl (C=O) groups excluding carboxylic acids is 1. The molecule has 0 aliphatic carbocycles. The van der Waals surface area contributed by atoms with Gasteiger partial charge in [-0.25, -0.2) is 10.2 Å². The fraction of sp³-hybridized carbons (Fsp3) is 0.125. The van der Waals surface area contributed by atoms with Gasteiger partial charge in [-0.2, -0.15) is 13.2 Å². The van der Waals surface area contributed by atoms with Gasteiger partial charge in [-0.3, -0.25) is 10.2 Å². The van der Waals surface area contributed by atoms with E-state index in [-0.39, 0.29) is 0 Å². The maximum absolute atomic E-state index is 13.0. The zero-order chi connectivity index (χ0) is 11.6. The van der Waals surface area contributed by atoms with Crippen LogP contribution in [0.15, 0.2) is 18.2 Å². The fourth-order valence-electron chi connectivity index (χ4n) is 1.06. The average Bonchev–Trinajstić information content (AvgIpc) is 2.15. The van der Waals surface area contributed by atoms with Gasteiger partial charge in [-0.05, 0) is 12.1 Å². The summed E-state index contributed by atoms with van der Waals surface area (Å²) in [7, 11) is 0. The van der Waals surface area contributed by atoms with Crippen LogP contribution in [-0.2, 0) is 6.18 Å². The first-order chi connectivity index (χ1) is 6.88. The van der Waals surface area contributed by atoms with E-state index in [9.17, 15) is 22.4 Å². The Morgan fingerprint density at radius 1 is 1.33 bits per heavy atom. The van der Waals surface area contributed by atoms with Gasteiger partial charge < -0.3 is 0 Å². The van der Waals surface area contributed by atoms with Crippen LogP contribution in [0, 0.1) is 5.82 Å². The predicted octanol–water partition coefficient (Wildman–Crippen LogP) is 1.45. The molecule has 1 aromatic carbocycles. The van der Waals surface area contributed by atoms with E-state index in [1.54, 1.807) is 0 Å². The standard InChI is InChI=1S/C8H6F4N2O/c9-5-3-1-2-4(8(10,11)12)6(5)7(15)14-13/h1-3H,13H2,(H,14,15). The Labute approximate surface area is 81.8 Å². The molecule has 0 heterocycles. The van der Waals surface area contributed by atoms with E-state index in [0.29, 0.717) is 6.07 Å². The van der Waals surface area contributed by atoms with Crippen molar-refractivity contribution >= 4 is 5.91 Å². The topological polar surface area (TPSA) is 55.1 Å². The molecule has 0 aliphatic heterocycles. The Kier molecular flexibility index (Phi) is 2.94. The number of alkyl halides is 3. The van der Waals surface area contributed by atoms with Gasteiger partial charge >= 0.3 is 6.18 Å². The molecule has 0 spiro atoms. The highest BCUT2D eigenvalue weighted by molar-refractivity contribution is 5.95. The van der Waals surface area contributed by atoms with E-state index in [1.165, 1.54) is 5.43 Å². The first-order valence-corrected chi connectivity index (χ1v) is 3.74. The number of benzene rings is 1. The third kappa shape index (κ3) is 2.24. The number of halogens is 4. The van der Waals surface area contributed by atoms with Crippen molar-refractivity contribution in [2.45, 2.75) is 6.18 Å². The van der Waals surface area contributed by atoms with Crippen molar-refractivity contribution < 1.29 is 22.4 Å². The minimum atomic E-state index is -4.80. The van der Waals surface area contributed by atoms with E-state index >= 15 is 0 Å². The largest absolute Gasteiger partial charge is 0.417 e. The Morgan fingerprint density at radius 3 is 2.40 bits per heavy atom. The molecule has 7 heteroatoms. The lowest BCUT2D eigenvalue weighted by Crippen LogP contribution is -2.32. The van der Waals surface area contributed by atoms with Crippen LogP contribution in [0.25, 0.3) is 0 Å². The van der Waals surface area contributed by atoms with E-state index in [4.69, 9.17) is 0 Å². The van der Waals surface area contributed by atoms with Crippen LogP contribution in [0.3, 0.4) is 0 Å². The fourth-order valence-corrected chi connectivity index (χ4v) is 1.06. The summed E-state index contributed by atoms with van der Waals surface area (Å²) in [5.41, 5.74) is -1.00. The molecule has 0 radical (unpaired) electrons. The second kappa shape index (κ2) is 3.85. The number of nitrogens with two attached hydrogens (primary N) is 1. The maximum Gasteiger partial charge on any atom is 0.417 e. The van der Waals surface area contributed by atoms with E-state index in [1.807, 2.05) is 0 Å². The highest BCUT2D eigenvalue weighted by Crippen LogP contribution is 2.32. The van der Waals surface area contributed by atoms with E-state index < -0.39 is 29.0 Å². The van der Waals surface area contributed by atoms with Crippen LogP contribution < -0.4 is 11.3 Å². The van der Waals surface area contributed by atoms with Crippen LogP contribution in [-0.4, -0.2) is 5.91 Å². The molecule has 0 atom stereocenters. The summed E-state index contributed by atoms with van der Waals surface area (Å²) < 4.78 is 50.0. The Morgan fingerprint density at radius 2 is 1.93 bits per heavy atom. The third-order valence-electron chi connectivity index (χ3n) is 1.68. The van der Waals surface area contributed by atoms with Crippen LogP contribution >= 0.6 is 0 Å². The monoisotopic (exact) mass is 222 g/mol. The molecule has 0 aromatic heterocycles. The van der Waals surface area contributed by atoms with Crippen molar-refractivity contribution in [2.24, 2.45) is 5.84 Å². The number of hydrogen-bond acceptors (Lipinski definition) is 2. The van der Waals surface area contributed by atoms with Crippen molar-refractivity contribution in [3.63, 3.8) is 0 Å². The normalized spacial score (nSPS) is 11.3. The molecule has 1 rings (SSSR count). The molecule has 82 valence electrons. The molecule has 3 N–H and O–H groups in total. The molecule has 0 unspecified atom stereocenters. The number of nitrogen functional groups attached to an aromatic ring is 1. The zero-order valence-corrected chi connectivity index (χ0v) is 7.23. The smallest absolute Gasteiger partial charge is 0.290 e. The Balaban J connectivity index is 3.40. The number of rotatable bonds is 1. The number of hydrogen-bond donors (Lipinski definition) is 2. The summed E-state index contributed by atoms with van der Waals surface area (Å²) in [5.74, 6) is 2.06. The van der Waals surface area contributed by atoms with Gasteiger partial charge in [0.25, 0.3) is 5.91 Å². The Hall–Kier alpha value is -1.63. The van der Waals surface area contributed by atoms with Crippen molar-refractivity contribution in [3.8, 4) is 0 Å². The second-order valence-corrected chi connectivity index (χ2v) is 2.63. The highest BCUT2D eigenvalue weighted by Gasteiger charge is 2.36. The predicted molar refractivity (Wildman–Crippen MR) is 43.1 cm³/mol. The van der Waals surface area contributed by atoms with Gasteiger partial charge in [0.1, 0.15) is 5.82 Å². The van der Waals surface area contributed by atoms with Crippen molar-refractivity contribution in [1.82, 2.24) is 5.43 Å². The van der Waals surface area contributed by atoms with Gasteiger partial charge in [0.15, 0.2) is 0 Å². The zero-order valence-electron chi connectivity index (χ0n) is 7.23. The van der Waals surface area contributed by atoms with Gasteiger partial charge in [-0.15, -0.1) is 0 Å². The molecule has 3 nitrogen and oxygen atoms in total. The van der Waals surface area contributed by atoms with Crippen LogP contribution in [0.1, 0.15) is 15.9 Å². The molecule has 15 heavy (non-hydrogen) atoms. The minimum absolute atomic E-state index is 0.605. The number of hydrazine groups is 1. The summed E-state index contributed by atoms with van der Waals surface area (Å²) in [4.78, 5) is 10.9. The number of nitrogens with one attached hydrogen (secondary N) is 1. The van der Waals surface area contributed by atoms with Crippen molar-refractivity contribution in [2.75, 3.05) is 0 Å². The van der Waals surface area contributed by atoms with Gasteiger partial charge in [-0.1, -0.05) is 6.07 Å². The third-order valence-corrected chi connectivity index (χ3v) is 1.68. The number of amides is 1. The van der Waals surface area contributed by atoms with Crippen molar-refractivity contribution in [1.29, 1.82) is 0 Å². The van der Waals surface area contributed by atoms with Gasteiger partial charge in [0.2, 0.25) is 0 Å². The number of carbonyl (C=O) groups is 1. The maximum atomic E-state index is 13.0. The molecule has 0 aliphatic rings. The molecular formula is C8H6F4N2O. The molecule has 0 saturated heterocycles. The van der Waals surface area contributed by atoms with Crippen LogP contribution in [0.2, 0.25) is 0 Å². The molecule has 1 aromatic rings. The summed E-state index contributed by atoms with van der Waals surface area (Å²) in [6.07, 6.45) is -4.80. The Bertz CT molecular complexity index is 389. The van der Waals surface area contributed by atoms with Crippen LogP contribution in [0.4, 0.5) is 17.6 Å². The lowest BCUT2D eigenvalue weighted by atomic mass is 10.1. The highest BCUT2D eigenvalue weighted by atomic mass is 19.4. The molecular weight excluding hydrogens is 216 g/mol. The van der Waals surface area contributed by atoms with E-state index in [2.05, 4.69) is 5.84 Å². The summed E-state index contributed by atoms with van der Waals surface area (Å²) >= 11 is 0. The van der Waals surface area contributed by atoms with Gasteiger partial charge in [0, 0.05) is 0 Å². The average molecular weight is 222 g/mol. The van der Waals surface area contributed by atoms with Gasteiger partial charge in [0.05, 0.1) is 11.1 Å². The molecule has 0 fully saturated rings. The summed E-state index contributed by atoms with van der Waals surface area (Å²) in [5, 5.41) is 0. The molecule has 0 bridgehead atoms. The van der Waals surface area contributed by atoms with Crippen LogP contribution in [0.5, 0.6) is 0 Å².